The van der Waals surface area contributed by atoms with Crippen molar-refractivity contribution >= 4 is 40.2 Å². The van der Waals surface area contributed by atoms with Crippen molar-refractivity contribution in [2.75, 3.05) is 19.0 Å². The van der Waals surface area contributed by atoms with E-state index >= 15 is 0 Å². The van der Waals surface area contributed by atoms with Gasteiger partial charge in [0.1, 0.15) is 0 Å². The number of carbonyl (C=O) groups excluding carboxylic acids is 1. The summed E-state index contributed by atoms with van der Waals surface area (Å²) in [6.45, 7) is 3.59. The van der Waals surface area contributed by atoms with Crippen molar-refractivity contribution < 1.29 is 4.79 Å². The Labute approximate surface area is 129 Å². The second-order valence-corrected chi connectivity index (χ2v) is 5.76. The van der Waals surface area contributed by atoms with Crippen LogP contribution in [-0.4, -0.2) is 31.3 Å². The highest BCUT2D eigenvalue weighted by atomic mass is 35.5. The number of anilines is 1. The zero-order chi connectivity index (χ0) is 15.7. The first-order valence-corrected chi connectivity index (χ1v) is 7.06. The largest absolute Gasteiger partial charge is 0.378 e. The van der Waals surface area contributed by atoms with Gasteiger partial charge in [0.2, 0.25) is 5.78 Å². The maximum absolute atomic E-state index is 12.1. The molecule has 1 aromatic rings. The van der Waals surface area contributed by atoms with E-state index in [2.05, 4.69) is 4.99 Å². The van der Waals surface area contributed by atoms with Gasteiger partial charge in [-0.05, 0) is 36.8 Å². The highest BCUT2D eigenvalue weighted by Crippen LogP contribution is 2.30. The highest BCUT2D eigenvalue weighted by Gasteiger charge is 2.27. The molecule has 5 heteroatoms. The predicted octanol–water partition coefficient (Wildman–Crippen LogP) is 3.66. The van der Waals surface area contributed by atoms with Gasteiger partial charge < -0.3 is 10.3 Å². The quantitative estimate of drug-likeness (QED) is 0.906. The summed E-state index contributed by atoms with van der Waals surface area (Å²) >= 11 is 6.24. The number of hydrogen-bond donors (Lipinski definition) is 1. The van der Waals surface area contributed by atoms with Crippen LogP contribution in [0.5, 0.6) is 0 Å². The lowest BCUT2D eigenvalue weighted by Crippen LogP contribution is -2.32. The molecule has 2 rings (SSSR count). The van der Waals surface area contributed by atoms with Gasteiger partial charge in [0.15, 0.2) is 0 Å². The molecule has 0 saturated carbocycles. The number of nitrogens with one attached hydrogen (secondary N) is 1. The highest BCUT2D eigenvalue weighted by molar-refractivity contribution is 6.51. The van der Waals surface area contributed by atoms with Crippen molar-refractivity contribution in [2.45, 2.75) is 13.8 Å². The number of hydrogen-bond acceptors (Lipinski definition) is 4. The first kappa shape index (κ1) is 15.4. The van der Waals surface area contributed by atoms with E-state index in [4.69, 9.17) is 17.0 Å². The smallest absolute Gasteiger partial charge is 0.201 e. The van der Waals surface area contributed by atoms with Crippen LogP contribution in [0, 0.1) is 11.3 Å². The Kier molecular flexibility index (Phi) is 4.28. The summed E-state index contributed by atoms with van der Waals surface area (Å²) in [5, 5.41) is 8.48. The Balaban J connectivity index is 2.44. The normalized spacial score (nSPS) is 20.7. The van der Waals surface area contributed by atoms with Gasteiger partial charge in [-0.25, -0.2) is 4.99 Å². The molecule has 1 atom stereocenters. The third-order valence-electron chi connectivity index (χ3n) is 3.56. The molecule has 1 N–H and O–H groups in total. The maximum Gasteiger partial charge on any atom is 0.201 e. The third-order valence-corrected chi connectivity index (χ3v) is 3.86. The minimum absolute atomic E-state index is 0.149. The molecule has 1 unspecified atom stereocenters. The van der Waals surface area contributed by atoms with Crippen LogP contribution in [0.2, 0.25) is 5.02 Å². The first-order chi connectivity index (χ1) is 9.81. The molecule has 21 heavy (non-hydrogen) atoms. The molecular weight excluding hydrogens is 286 g/mol. The number of rotatable bonds is 2. The fourth-order valence-corrected chi connectivity index (χ4v) is 2.40. The van der Waals surface area contributed by atoms with Gasteiger partial charge in [0, 0.05) is 31.4 Å². The Morgan fingerprint density at radius 2 is 2.00 bits per heavy atom. The van der Waals surface area contributed by atoms with Crippen molar-refractivity contribution in [3.8, 4) is 0 Å². The van der Waals surface area contributed by atoms with Crippen LogP contribution < -0.4 is 4.90 Å². The van der Waals surface area contributed by atoms with Crippen molar-refractivity contribution in [3.63, 3.8) is 0 Å². The van der Waals surface area contributed by atoms with Crippen LogP contribution in [0.15, 0.2) is 34.8 Å². The number of benzene rings is 1. The standard InChI is InChI=1S/C16H18ClN3O/c1-9-7-14(21)16(10(2)15(9)18)19-13-6-5-11(20(3)4)8-12(13)17/h5-8,10,18H,1-4H3. The second-order valence-electron chi connectivity index (χ2n) is 5.35. The second kappa shape index (κ2) is 5.82. The molecule has 0 aromatic heterocycles. The van der Waals surface area contributed by atoms with Crippen LogP contribution in [-0.2, 0) is 4.79 Å². The van der Waals surface area contributed by atoms with E-state index < -0.39 is 0 Å². The van der Waals surface area contributed by atoms with Crippen LogP contribution in [0.1, 0.15) is 13.8 Å². The van der Waals surface area contributed by atoms with Gasteiger partial charge in [0.25, 0.3) is 0 Å². The van der Waals surface area contributed by atoms with Crippen LogP contribution >= 0.6 is 11.6 Å². The number of aliphatic imine (C=N–C) groups is 1. The summed E-state index contributed by atoms with van der Waals surface area (Å²) in [5.41, 5.74) is 3.01. The molecule has 1 aromatic carbocycles. The fraction of sp³-hybridized carbons (Fsp3) is 0.312. The maximum atomic E-state index is 12.1. The average Bonchev–Trinajstić information content (AvgIpc) is 2.42. The molecule has 1 aliphatic carbocycles. The topological polar surface area (TPSA) is 56.5 Å². The lowest BCUT2D eigenvalue weighted by molar-refractivity contribution is -0.109. The van der Waals surface area contributed by atoms with Gasteiger partial charge in [-0.15, -0.1) is 0 Å². The number of allylic oxidation sites excluding steroid dienone is 2. The summed E-state index contributed by atoms with van der Waals surface area (Å²) in [6.07, 6.45) is 1.46. The lowest BCUT2D eigenvalue weighted by Gasteiger charge is -2.20. The molecule has 0 fully saturated rings. The van der Waals surface area contributed by atoms with Crippen molar-refractivity contribution in [1.29, 1.82) is 5.41 Å². The molecule has 0 aliphatic heterocycles. The van der Waals surface area contributed by atoms with E-state index in [0.29, 0.717) is 27.7 Å². The Morgan fingerprint density at radius 1 is 1.33 bits per heavy atom. The minimum Gasteiger partial charge on any atom is -0.378 e. The van der Waals surface area contributed by atoms with Crippen LogP contribution in [0.4, 0.5) is 11.4 Å². The lowest BCUT2D eigenvalue weighted by atomic mass is 9.86. The van der Waals surface area contributed by atoms with E-state index in [0.717, 1.165) is 5.69 Å². The molecule has 0 spiro atoms. The summed E-state index contributed by atoms with van der Waals surface area (Å²) in [6, 6.07) is 5.50. The van der Waals surface area contributed by atoms with Gasteiger partial charge >= 0.3 is 0 Å². The Morgan fingerprint density at radius 3 is 2.57 bits per heavy atom. The molecule has 0 radical (unpaired) electrons. The van der Waals surface area contributed by atoms with Gasteiger partial charge in [-0.1, -0.05) is 18.5 Å². The number of carbonyl (C=O) groups is 1. The summed E-state index contributed by atoms with van der Waals surface area (Å²) in [4.78, 5) is 18.4. The zero-order valence-corrected chi connectivity index (χ0v) is 13.3. The number of nitrogens with zero attached hydrogens (tertiary/aromatic N) is 2. The first-order valence-electron chi connectivity index (χ1n) is 6.68. The SMILES string of the molecule is CC1=CC(=O)C(=Nc2ccc(N(C)C)cc2Cl)C(C)C1=N. The van der Waals surface area contributed by atoms with Gasteiger partial charge in [0.05, 0.1) is 16.4 Å². The van der Waals surface area contributed by atoms with E-state index in [1.165, 1.54) is 6.08 Å². The summed E-state index contributed by atoms with van der Waals surface area (Å²) in [5.74, 6) is -0.462. The molecule has 0 amide bonds. The van der Waals surface area contributed by atoms with Gasteiger partial charge in [-0.2, -0.15) is 0 Å². The van der Waals surface area contributed by atoms with E-state index in [9.17, 15) is 4.79 Å². The Bertz CT molecular complexity index is 674. The van der Waals surface area contributed by atoms with Crippen LogP contribution in [0.25, 0.3) is 0 Å². The molecule has 0 bridgehead atoms. The minimum atomic E-state index is -0.313. The van der Waals surface area contributed by atoms with Crippen molar-refractivity contribution in [3.05, 3.63) is 34.9 Å². The van der Waals surface area contributed by atoms with E-state index in [-0.39, 0.29) is 11.7 Å². The zero-order valence-electron chi connectivity index (χ0n) is 12.6. The van der Waals surface area contributed by atoms with Crippen molar-refractivity contribution in [1.82, 2.24) is 0 Å². The Hall–Kier alpha value is -1.94. The number of ketones is 1. The molecule has 1 aliphatic rings. The summed E-state index contributed by atoms with van der Waals surface area (Å²) in [7, 11) is 3.86. The monoisotopic (exact) mass is 303 g/mol. The molecular formula is C16H18ClN3O. The van der Waals surface area contributed by atoms with E-state index in [1.807, 2.05) is 38.1 Å². The third kappa shape index (κ3) is 3.05. The number of halogens is 1. The van der Waals surface area contributed by atoms with Gasteiger partial charge in [-0.3, -0.25) is 4.79 Å². The molecule has 0 saturated heterocycles. The van der Waals surface area contributed by atoms with Crippen molar-refractivity contribution in [2.24, 2.45) is 10.9 Å². The predicted molar refractivity (Wildman–Crippen MR) is 88.5 cm³/mol. The van der Waals surface area contributed by atoms with Crippen LogP contribution in [0.3, 0.4) is 0 Å². The molecule has 0 heterocycles. The average molecular weight is 304 g/mol. The fourth-order valence-electron chi connectivity index (χ4n) is 2.19. The molecule has 4 nitrogen and oxygen atoms in total. The summed E-state index contributed by atoms with van der Waals surface area (Å²) < 4.78 is 0. The van der Waals surface area contributed by atoms with E-state index in [1.54, 1.807) is 13.0 Å². The molecule has 110 valence electrons.